The zero-order valence-electron chi connectivity index (χ0n) is 27.3. The summed E-state index contributed by atoms with van der Waals surface area (Å²) < 4.78 is 0. The number of rotatable bonds is 21. The van der Waals surface area contributed by atoms with Crippen LogP contribution >= 0.6 is 0 Å². The van der Waals surface area contributed by atoms with E-state index in [1.165, 1.54) is 0 Å². The Morgan fingerprint density at radius 1 is 0.577 bits per heavy atom. The average Bonchev–Trinajstić information content (AvgIpc) is 3.08. The molecule has 0 aliphatic carbocycles. The van der Waals surface area contributed by atoms with Gasteiger partial charge in [0.1, 0.15) is 45.0 Å². The van der Waals surface area contributed by atoms with Crippen LogP contribution in [-0.4, -0.2) is 136 Å². The number of azide groups is 4. The van der Waals surface area contributed by atoms with Crippen molar-refractivity contribution in [2.75, 3.05) is 32.8 Å². The van der Waals surface area contributed by atoms with Gasteiger partial charge in [-0.2, -0.15) is 20.3 Å². The van der Waals surface area contributed by atoms with Crippen molar-refractivity contribution in [3.05, 3.63) is 41.8 Å². The molecule has 0 aliphatic rings. The van der Waals surface area contributed by atoms with Crippen molar-refractivity contribution in [2.45, 2.75) is 52.1 Å². The number of hydroxylamine groups is 8. The summed E-state index contributed by atoms with van der Waals surface area (Å²) >= 11 is 0. The molecule has 0 aromatic carbocycles. The third-order valence-corrected chi connectivity index (χ3v) is 5.34. The van der Waals surface area contributed by atoms with Crippen LogP contribution in [0, 0.1) is 0 Å². The Kier molecular flexibility index (Phi) is 20.5. The van der Waals surface area contributed by atoms with Crippen LogP contribution in [0.15, 0.2) is 20.5 Å². The molecule has 0 aromatic rings. The Morgan fingerprint density at radius 2 is 0.885 bits per heavy atom. The molecule has 0 fully saturated rings. The van der Waals surface area contributed by atoms with E-state index in [4.69, 9.17) is 41.5 Å². The van der Waals surface area contributed by atoms with Crippen molar-refractivity contribution in [2.24, 2.45) is 20.5 Å². The maximum absolute atomic E-state index is 12.8. The molecule has 0 heterocycles. The highest BCUT2D eigenvalue weighted by molar-refractivity contribution is 5.95. The zero-order valence-corrected chi connectivity index (χ0v) is 27.3. The monoisotopic (exact) mass is 740 g/mol. The molecule has 30 nitrogen and oxygen atoms in total. The van der Waals surface area contributed by atoms with Gasteiger partial charge in [0.15, 0.2) is 18.5 Å². The molecule has 0 rings (SSSR count). The van der Waals surface area contributed by atoms with Gasteiger partial charge in [0.25, 0.3) is 23.6 Å². The molecule has 0 radical (unpaired) electrons. The number of nitrogens with zero attached hydrogens (tertiary/aromatic N) is 16. The first-order valence-corrected chi connectivity index (χ1v) is 13.7. The van der Waals surface area contributed by atoms with Gasteiger partial charge in [-0.3, -0.25) is 52.9 Å². The van der Waals surface area contributed by atoms with Gasteiger partial charge in [-0.25, -0.2) is 4.84 Å². The SMILES string of the molecule is CC(=O)N(OC[C@@H](O)[C@@H](ON(C(C)=O)C(=O)CN=[N+]=[N-])[C@H](ON(C(C)=O)C(=O)CN=[N+]=[N-])[C@@H](C=O)ON(C(C)=O)C(=O)CN=[N+]=[N-])C(=O)CN=[N+]=[N-]. The normalized spacial score (nSPS) is 12.2. The summed E-state index contributed by atoms with van der Waals surface area (Å²) in [4.78, 5) is 142. The first-order valence-electron chi connectivity index (χ1n) is 13.7. The lowest BCUT2D eigenvalue weighted by Crippen LogP contribution is -2.59. The van der Waals surface area contributed by atoms with Gasteiger partial charge < -0.3 is 9.90 Å². The molecule has 0 saturated carbocycles. The number of amides is 8. The van der Waals surface area contributed by atoms with Gasteiger partial charge >= 0.3 is 0 Å². The number of hydrogen-bond donors (Lipinski definition) is 1. The van der Waals surface area contributed by atoms with Crippen LogP contribution in [0.2, 0.25) is 0 Å². The number of aliphatic hydroxyl groups excluding tert-OH is 1. The minimum Gasteiger partial charge on any atom is -0.388 e. The number of aliphatic hydroxyl groups is 1. The maximum Gasteiger partial charge on any atom is 0.259 e. The van der Waals surface area contributed by atoms with E-state index in [1.807, 2.05) is 0 Å². The third-order valence-electron chi connectivity index (χ3n) is 5.34. The minimum absolute atomic E-state index is 0.0226. The summed E-state index contributed by atoms with van der Waals surface area (Å²) in [7, 11) is 0. The zero-order chi connectivity index (χ0) is 40.0. The quantitative estimate of drug-likeness (QED) is 0.0491. The lowest BCUT2D eigenvalue weighted by atomic mass is 10.0. The molecule has 280 valence electrons. The predicted molar refractivity (Wildman–Crippen MR) is 159 cm³/mol. The highest BCUT2D eigenvalue weighted by Crippen LogP contribution is 2.21. The van der Waals surface area contributed by atoms with E-state index < -0.39 is 104 Å². The Balaban J connectivity index is 7.61. The molecule has 52 heavy (non-hydrogen) atoms. The standard InChI is InChI=1S/C22H28N16O14/c1-11(40)35(17(45)5-27-31-23)49-10-15(44)21(51-37(13(3)42)19(47)7-29-33-25)22(52-38(14(4)43)20(48)8-30-34-26)16(9-39)50-36(12(2)41)18(46)6-28-32-24/h9,15-16,21-22,44H,5-8,10H2,1-4H3/t15-,16-,21-,22-/m1/s1. The van der Waals surface area contributed by atoms with E-state index in [0.717, 1.165) is 6.92 Å². The van der Waals surface area contributed by atoms with Crippen molar-refractivity contribution < 1.29 is 67.6 Å². The molecular weight excluding hydrogens is 712 g/mol. The third kappa shape index (κ3) is 14.8. The van der Waals surface area contributed by atoms with Gasteiger partial charge in [0.2, 0.25) is 23.6 Å². The first-order chi connectivity index (χ1) is 24.5. The van der Waals surface area contributed by atoms with Gasteiger partial charge in [0, 0.05) is 47.3 Å². The fraction of sp³-hybridized carbons (Fsp3) is 0.591. The van der Waals surface area contributed by atoms with Crippen molar-refractivity contribution in [1.82, 2.24) is 20.3 Å². The molecule has 0 bridgehead atoms. The average molecular weight is 741 g/mol. The van der Waals surface area contributed by atoms with Crippen LogP contribution in [0.3, 0.4) is 0 Å². The van der Waals surface area contributed by atoms with E-state index in [1.54, 1.807) is 0 Å². The molecule has 0 saturated heterocycles. The Bertz CT molecular complexity index is 1600. The van der Waals surface area contributed by atoms with Gasteiger partial charge in [0.05, 0.1) is 0 Å². The minimum atomic E-state index is -2.61. The van der Waals surface area contributed by atoms with Crippen LogP contribution in [0.4, 0.5) is 0 Å². The second kappa shape index (κ2) is 23.6. The predicted octanol–water partition coefficient (Wildman–Crippen LogP) is -0.880. The fourth-order valence-electron chi connectivity index (χ4n) is 3.32. The molecule has 0 spiro atoms. The molecule has 30 heteroatoms. The van der Waals surface area contributed by atoms with Crippen molar-refractivity contribution >= 4 is 53.5 Å². The van der Waals surface area contributed by atoms with Gasteiger partial charge in [-0.1, -0.05) is 20.5 Å². The summed E-state index contributed by atoms with van der Waals surface area (Å²) in [5.74, 6) is -10.8. The molecule has 4 atom stereocenters. The topological polar surface area (TPSA) is 419 Å². The van der Waals surface area contributed by atoms with E-state index in [0.29, 0.717) is 20.8 Å². The van der Waals surface area contributed by atoms with Gasteiger partial charge in [-0.05, 0) is 22.1 Å². The lowest BCUT2D eigenvalue weighted by Gasteiger charge is -2.37. The fourth-order valence-corrected chi connectivity index (χ4v) is 3.32. The highest BCUT2D eigenvalue weighted by atomic mass is 16.8. The lowest BCUT2D eigenvalue weighted by molar-refractivity contribution is -0.302. The van der Waals surface area contributed by atoms with E-state index in [-0.39, 0.29) is 26.5 Å². The maximum atomic E-state index is 12.8. The smallest absolute Gasteiger partial charge is 0.259 e. The summed E-state index contributed by atoms with van der Waals surface area (Å²) in [6.45, 7) is -2.80. The number of carbonyl (C=O) groups is 9. The molecule has 8 amide bonds. The molecule has 1 N–H and O–H groups in total. The van der Waals surface area contributed by atoms with Crippen LogP contribution in [0.5, 0.6) is 0 Å². The highest BCUT2D eigenvalue weighted by Gasteiger charge is 2.45. The number of carbonyl (C=O) groups excluding carboxylic acids is 9. The first kappa shape index (κ1) is 45.3. The number of hydrogen-bond acceptors (Lipinski definition) is 18. The second-order valence-electron chi connectivity index (χ2n) is 9.09. The van der Waals surface area contributed by atoms with Crippen LogP contribution in [-0.2, 0) is 62.5 Å². The second-order valence-corrected chi connectivity index (χ2v) is 9.09. The van der Waals surface area contributed by atoms with Crippen molar-refractivity contribution in [3.63, 3.8) is 0 Å². The molecule has 0 unspecified atom stereocenters. The number of imide groups is 4. The van der Waals surface area contributed by atoms with Crippen LogP contribution in [0.1, 0.15) is 27.7 Å². The van der Waals surface area contributed by atoms with Crippen molar-refractivity contribution in [1.29, 1.82) is 0 Å². The van der Waals surface area contributed by atoms with Crippen LogP contribution < -0.4 is 0 Å². The van der Waals surface area contributed by atoms with Crippen molar-refractivity contribution in [3.8, 4) is 0 Å². The Morgan fingerprint density at radius 3 is 1.19 bits per heavy atom. The Hall–Kier alpha value is -6.73. The van der Waals surface area contributed by atoms with E-state index in [9.17, 15) is 48.3 Å². The summed E-state index contributed by atoms with van der Waals surface area (Å²) in [5.41, 5.74) is 34.3. The van der Waals surface area contributed by atoms with E-state index in [2.05, 4.69) is 40.1 Å². The van der Waals surface area contributed by atoms with Crippen LogP contribution in [0.25, 0.3) is 41.8 Å². The molecular formula is C22H28N16O14. The Labute approximate surface area is 288 Å². The molecule has 0 aliphatic heterocycles. The van der Waals surface area contributed by atoms with E-state index >= 15 is 0 Å². The number of aldehydes is 1. The summed E-state index contributed by atoms with van der Waals surface area (Å²) in [5, 5.41) is 22.6. The largest absolute Gasteiger partial charge is 0.388 e. The summed E-state index contributed by atoms with van der Waals surface area (Å²) in [6.07, 6.45) is -10.5. The molecule has 0 aromatic heterocycles. The van der Waals surface area contributed by atoms with Gasteiger partial charge in [-0.15, -0.1) is 0 Å². The summed E-state index contributed by atoms with van der Waals surface area (Å²) in [6, 6.07) is 0.